The molecule has 0 spiro atoms. The molecule has 2 aliphatic rings. The fourth-order valence-electron chi connectivity index (χ4n) is 5.96. The van der Waals surface area contributed by atoms with Gasteiger partial charge in [0.1, 0.15) is 24.2 Å². The molecular formula is C30H29FN4O2. The molecule has 2 heterocycles. The van der Waals surface area contributed by atoms with Crippen LogP contribution in [0.25, 0.3) is 11.0 Å². The summed E-state index contributed by atoms with van der Waals surface area (Å²) in [6.07, 6.45) is 5.24. The number of nitrogens with zero attached hydrogens (tertiary/aromatic N) is 4. The number of carbonyl (C=O) groups excluding carboxylic acids is 2. The van der Waals surface area contributed by atoms with Crippen LogP contribution >= 0.6 is 0 Å². The highest BCUT2D eigenvalue weighted by molar-refractivity contribution is 6.11. The van der Waals surface area contributed by atoms with Gasteiger partial charge in [0, 0.05) is 23.0 Å². The van der Waals surface area contributed by atoms with Gasteiger partial charge in [-0.15, -0.1) is 0 Å². The molecule has 1 unspecified atom stereocenters. The summed E-state index contributed by atoms with van der Waals surface area (Å²) in [5.74, 6) is -0.174. The molecule has 6 nitrogen and oxygen atoms in total. The summed E-state index contributed by atoms with van der Waals surface area (Å²) >= 11 is 0. The van der Waals surface area contributed by atoms with E-state index in [-0.39, 0.29) is 24.4 Å². The molecule has 1 fully saturated rings. The van der Waals surface area contributed by atoms with Crippen molar-refractivity contribution in [2.24, 2.45) is 0 Å². The number of rotatable bonds is 5. The van der Waals surface area contributed by atoms with E-state index in [9.17, 15) is 14.0 Å². The van der Waals surface area contributed by atoms with Crippen LogP contribution in [-0.4, -0.2) is 27.4 Å². The lowest BCUT2D eigenvalue weighted by molar-refractivity contribution is -0.125. The second-order valence-electron chi connectivity index (χ2n) is 9.94. The maximum absolute atomic E-state index is 14.4. The number of aryl methyl sites for hydroxylation is 1. The molecule has 0 N–H and O–H groups in total. The van der Waals surface area contributed by atoms with Crippen molar-refractivity contribution in [2.45, 2.75) is 57.7 Å². The second-order valence-corrected chi connectivity index (χ2v) is 9.94. The zero-order chi connectivity index (χ0) is 25.5. The third-order valence-electron chi connectivity index (χ3n) is 7.65. The molecule has 1 saturated carbocycles. The summed E-state index contributed by atoms with van der Waals surface area (Å²) in [5, 5.41) is 0. The van der Waals surface area contributed by atoms with E-state index in [1.807, 2.05) is 64.9 Å². The Morgan fingerprint density at radius 2 is 1.76 bits per heavy atom. The van der Waals surface area contributed by atoms with Gasteiger partial charge in [0.15, 0.2) is 0 Å². The average molecular weight is 497 g/mol. The van der Waals surface area contributed by atoms with Gasteiger partial charge in [0.25, 0.3) is 5.91 Å². The van der Waals surface area contributed by atoms with Crippen molar-refractivity contribution in [2.75, 3.05) is 9.80 Å². The van der Waals surface area contributed by atoms with Crippen LogP contribution in [0.4, 0.5) is 15.8 Å². The molecule has 1 atom stereocenters. The van der Waals surface area contributed by atoms with Gasteiger partial charge in [0.2, 0.25) is 5.91 Å². The van der Waals surface area contributed by atoms with Crippen LogP contribution in [-0.2, 0) is 16.1 Å². The SMILES string of the molecule is Cc1nc2ccccc2n1CC(=O)N(c1cccc(F)c1)C1C(=O)N(C2CCCCC2)c2ccccc21. The Kier molecular flexibility index (Phi) is 5.99. The van der Waals surface area contributed by atoms with E-state index in [2.05, 4.69) is 4.98 Å². The Labute approximate surface area is 215 Å². The van der Waals surface area contributed by atoms with Crippen LogP contribution in [0.2, 0.25) is 0 Å². The van der Waals surface area contributed by atoms with Gasteiger partial charge >= 0.3 is 0 Å². The largest absolute Gasteiger partial charge is 0.319 e. The van der Waals surface area contributed by atoms with Crippen LogP contribution < -0.4 is 9.80 Å². The lowest BCUT2D eigenvalue weighted by Crippen LogP contribution is -2.46. The van der Waals surface area contributed by atoms with E-state index in [0.717, 1.165) is 48.0 Å². The predicted octanol–water partition coefficient (Wildman–Crippen LogP) is 5.94. The highest BCUT2D eigenvalue weighted by Gasteiger charge is 2.45. The van der Waals surface area contributed by atoms with Crippen LogP contribution in [0.5, 0.6) is 0 Å². The lowest BCUT2D eigenvalue weighted by atomic mass is 9.94. The minimum Gasteiger partial charge on any atom is -0.319 e. The highest BCUT2D eigenvalue weighted by Crippen LogP contribution is 2.44. The molecule has 37 heavy (non-hydrogen) atoms. The Bertz CT molecular complexity index is 1490. The molecule has 6 rings (SSSR count). The molecule has 2 amide bonds. The number of carbonyl (C=O) groups is 2. The van der Waals surface area contributed by atoms with E-state index in [4.69, 9.17) is 0 Å². The minimum absolute atomic E-state index is 0.0156. The summed E-state index contributed by atoms with van der Waals surface area (Å²) in [6.45, 7) is 1.85. The maximum Gasteiger partial charge on any atom is 0.255 e. The van der Waals surface area contributed by atoms with Crippen LogP contribution in [0.15, 0.2) is 72.8 Å². The number of aromatic nitrogens is 2. The predicted molar refractivity (Wildman–Crippen MR) is 142 cm³/mol. The first-order valence-electron chi connectivity index (χ1n) is 12.9. The summed E-state index contributed by atoms with van der Waals surface area (Å²) in [6, 6.07) is 20.6. The first-order valence-corrected chi connectivity index (χ1v) is 12.9. The van der Waals surface area contributed by atoms with E-state index in [1.165, 1.54) is 23.5 Å². The monoisotopic (exact) mass is 496 g/mol. The summed E-state index contributed by atoms with van der Waals surface area (Å²) < 4.78 is 16.3. The van der Waals surface area contributed by atoms with Crippen LogP contribution in [0.3, 0.4) is 0 Å². The first-order chi connectivity index (χ1) is 18.0. The number of hydrogen-bond acceptors (Lipinski definition) is 3. The Morgan fingerprint density at radius 1 is 1.00 bits per heavy atom. The zero-order valence-electron chi connectivity index (χ0n) is 20.8. The lowest BCUT2D eigenvalue weighted by Gasteiger charge is -2.33. The summed E-state index contributed by atoms with van der Waals surface area (Å²) in [7, 11) is 0. The standard InChI is InChI=1S/C30H29FN4O2/c1-20-32-25-15-6-8-17-27(25)33(20)19-28(36)35(23-13-9-10-21(31)18-23)29-24-14-5-7-16-26(24)34(30(29)37)22-11-3-2-4-12-22/h5-10,13-18,22,29H,2-4,11-12,19H2,1H3. The van der Waals surface area contributed by atoms with Crippen molar-refractivity contribution >= 4 is 34.2 Å². The Hall–Kier alpha value is -4.00. The summed E-state index contributed by atoms with van der Waals surface area (Å²) in [4.78, 5) is 36.3. The Morgan fingerprint density at radius 3 is 2.57 bits per heavy atom. The average Bonchev–Trinajstić information content (AvgIpc) is 3.38. The highest BCUT2D eigenvalue weighted by atomic mass is 19.1. The van der Waals surface area contributed by atoms with Crippen LogP contribution in [0, 0.1) is 12.7 Å². The quantitative estimate of drug-likeness (QED) is 0.344. The van der Waals surface area contributed by atoms with Crippen molar-refractivity contribution < 1.29 is 14.0 Å². The van der Waals surface area contributed by atoms with Crippen molar-refractivity contribution in [3.05, 3.63) is 90.0 Å². The van der Waals surface area contributed by atoms with Crippen molar-refractivity contribution in [1.82, 2.24) is 9.55 Å². The van der Waals surface area contributed by atoms with Crippen molar-refractivity contribution in [3.63, 3.8) is 0 Å². The number of halogens is 1. The van der Waals surface area contributed by atoms with Gasteiger partial charge in [-0.05, 0) is 56.2 Å². The normalized spacial score (nSPS) is 17.8. The van der Waals surface area contributed by atoms with Crippen LogP contribution in [0.1, 0.15) is 49.5 Å². The van der Waals surface area contributed by atoms with E-state index in [0.29, 0.717) is 11.5 Å². The molecule has 0 radical (unpaired) electrons. The Balaban J connectivity index is 1.44. The van der Waals surface area contributed by atoms with Gasteiger partial charge in [-0.25, -0.2) is 9.37 Å². The third-order valence-corrected chi connectivity index (χ3v) is 7.65. The van der Waals surface area contributed by atoms with Crippen molar-refractivity contribution in [1.29, 1.82) is 0 Å². The van der Waals surface area contributed by atoms with E-state index >= 15 is 0 Å². The maximum atomic E-state index is 14.4. The smallest absolute Gasteiger partial charge is 0.255 e. The van der Waals surface area contributed by atoms with E-state index in [1.54, 1.807) is 12.1 Å². The van der Waals surface area contributed by atoms with Gasteiger partial charge in [-0.3, -0.25) is 14.5 Å². The molecule has 3 aromatic carbocycles. The number of amides is 2. The first kappa shape index (κ1) is 23.4. The van der Waals surface area contributed by atoms with Gasteiger partial charge in [-0.1, -0.05) is 55.7 Å². The van der Waals surface area contributed by atoms with Gasteiger partial charge < -0.3 is 9.47 Å². The second kappa shape index (κ2) is 9.47. The van der Waals surface area contributed by atoms with Gasteiger partial charge in [-0.2, -0.15) is 0 Å². The molecule has 1 aliphatic carbocycles. The fraction of sp³-hybridized carbons (Fsp3) is 0.300. The number of hydrogen-bond donors (Lipinski definition) is 0. The molecule has 7 heteroatoms. The molecule has 0 saturated heterocycles. The minimum atomic E-state index is -0.859. The molecule has 1 aromatic heterocycles. The molecule has 0 bridgehead atoms. The topological polar surface area (TPSA) is 58.4 Å². The van der Waals surface area contributed by atoms with Crippen molar-refractivity contribution in [3.8, 4) is 0 Å². The third kappa shape index (κ3) is 4.08. The molecule has 4 aromatic rings. The number of anilines is 2. The molecule has 188 valence electrons. The van der Waals surface area contributed by atoms with E-state index < -0.39 is 11.9 Å². The molecule has 1 aliphatic heterocycles. The zero-order valence-corrected chi connectivity index (χ0v) is 20.8. The number of para-hydroxylation sites is 3. The number of imidazole rings is 1. The molecular weight excluding hydrogens is 467 g/mol. The number of benzene rings is 3. The summed E-state index contributed by atoms with van der Waals surface area (Å²) in [5.41, 5.74) is 3.64. The fourth-order valence-corrected chi connectivity index (χ4v) is 5.96. The van der Waals surface area contributed by atoms with Gasteiger partial charge in [0.05, 0.1) is 11.0 Å². The number of fused-ring (bicyclic) bond motifs is 2.